The minimum atomic E-state index is -0.191. The van der Waals surface area contributed by atoms with Gasteiger partial charge in [-0.05, 0) is 128 Å². The average Bonchev–Trinajstić information content (AvgIpc) is 1.68. The van der Waals surface area contributed by atoms with E-state index in [4.69, 9.17) is 0 Å². The third kappa shape index (κ3) is 8.02. The third-order valence-electron chi connectivity index (χ3n) is 18.7. The van der Waals surface area contributed by atoms with E-state index in [0.717, 1.165) is 84.1 Å². The normalized spacial score (nSPS) is 12.4. The summed E-state index contributed by atoms with van der Waals surface area (Å²) in [4.78, 5) is 5.20. The maximum Gasteiger partial charge on any atom is 0.252 e. The molecule has 0 spiro atoms. The highest BCUT2D eigenvalue weighted by Crippen LogP contribution is 2.51. The van der Waals surface area contributed by atoms with Gasteiger partial charge in [-0.1, -0.05) is 267 Å². The van der Waals surface area contributed by atoms with Gasteiger partial charge in [0, 0.05) is 61.1 Å². The molecule has 5 heteroatoms. The first kappa shape index (κ1) is 50.6. The largest absolute Gasteiger partial charge is 0.311 e. The fourth-order valence-electron chi connectivity index (χ4n) is 14.8. The first-order valence-electron chi connectivity index (χ1n) is 30.8. The first-order chi connectivity index (χ1) is 44.2. The van der Waals surface area contributed by atoms with Gasteiger partial charge in [-0.25, -0.2) is 0 Å². The Morgan fingerprint density at radius 1 is 0.225 bits per heavy atom. The molecule has 0 N–H and O–H groups in total. The van der Waals surface area contributed by atoms with Crippen LogP contribution < -0.4 is 26.2 Å². The zero-order chi connectivity index (χ0) is 58.5. The van der Waals surface area contributed by atoms with Gasteiger partial charge in [-0.15, -0.1) is 0 Å². The molecule has 414 valence electrons. The zero-order valence-electron chi connectivity index (χ0n) is 48.6. The Morgan fingerprint density at radius 2 is 0.640 bits per heavy atom. The van der Waals surface area contributed by atoms with Crippen molar-refractivity contribution in [1.29, 1.82) is 0 Å². The van der Waals surface area contributed by atoms with Crippen LogP contribution in [0.2, 0.25) is 0 Å². The van der Waals surface area contributed by atoms with Crippen molar-refractivity contribution in [2.24, 2.45) is 0 Å². The number of benzene rings is 14. The molecule has 0 saturated heterocycles. The standard InChI is InChI=1S/C84H55BN4/c1-6-23-56(24-7-1)59-41-46-64(47-42-59)86-77-51-45-63(58-27-10-3-11-28-58)53-73(77)85-72-50-52-78-81(71-35-18-21-40-76(71)89(78)83-67(61-29-12-4-13-30-61)36-22-37-68(83)62-31-14-5-15-32-62)84(72)88(65-48-43-60(44-49-65)57-25-8-2-9-26-57)80-55-66(54-79(86)82(80)85)87-74-38-19-16-33-69(74)70-34-17-20-39-75(70)87/h1-55H. The number of hydrogen-bond acceptors (Lipinski definition) is 2. The number of rotatable bonds is 9. The Kier molecular flexibility index (Phi) is 11.7. The van der Waals surface area contributed by atoms with Crippen LogP contribution in [0, 0.1) is 0 Å². The zero-order valence-corrected chi connectivity index (χ0v) is 48.6. The van der Waals surface area contributed by atoms with Crippen LogP contribution in [0.4, 0.5) is 34.1 Å². The molecule has 2 aliphatic rings. The quantitative estimate of drug-likeness (QED) is 0.134. The van der Waals surface area contributed by atoms with E-state index in [-0.39, 0.29) is 6.71 Å². The molecule has 0 unspecified atom stereocenters. The first-order valence-corrected chi connectivity index (χ1v) is 30.8. The van der Waals surface area contributed by atoms with E-state index in [2.05, 4.69) is 353 Å². The predicted molar refractivity (Wildman–Crippen MR) is 376 cm³/mol. The maximum atomic E-state index is 2.64. The monoisotopic (exact) mass is 1130 g/mol. The molecule has 89 heavy (non-hydrogen) atoms. The molecule has 2 aromatic heterocycles. The van der Waals surface area contributed by atoms with E-state index in [1.165, 1.54) is 77.0 Å². The Hall–Kier alpha value is -11.7. The Bertz CT molecular complexity index is 5300. The predicted octanol–water partition coefficient (Wildman–Crippen LogP) is 20.3. The Labute approximate surface area is 517 Å². The summed E-state index contributed by atoms with van der Waals surface area (Å²) in [5.74, 6) is 0. The smallest absolute Gasteiger partial charge is 0.252 e. The molecular formula is C84H55BN4. The van der Waals surface area contributed by atoms with Gasteiger partial charge in [0.05, 0.1) is 39.1 Å². The van der Waals surface area contributed by atoms with Crippen LogP contribution in [0.15, 0.2) is 334 Å². The second kappa shape index (κ2) is 20.5. The number of fused-ring (bicyclic) bond motifs is 11. The topological polar surface area (TPSA) is 16.3 Å². The summed E-state index contributed by atoms with van der Waals surface area (Å²) in [7, 11) is 0. The fraction of sp³-hybridized carbons (Fsp3) is 0. The van der Waals surface area contributed by atoms with Gasteiger partial charge < -0.3 is 18.9 Å². The van der Waals surface area contributed by atoms with Crippen LogP contribution in [-0.2, 0) is 0 Å². The van der Waals surface area contributed by atoms with Crippen molar-refractivity contribution < 1.29 is 0 Å². The van der Waals surface area contributed by atoms with Crippen LogP contribution >= 0.6 is 0 Å². The number of anilines is 6. The molecule has 4 nitrogen and oxygen atoms in total. The summed E-state index contributed by atoms with van der Waals surface area (Å²) in [6, 6.07) is 124. The van der Waals surface area contributed by atoms with Crippen molar-refractivity contribution in [1.82, 2.24) is 9.13 Å². The summed E-state index contributed by atoms with van der Waals surface area (Å²) in [6.45, 7) is -0.191. The number of nitrogens with zero attached hydrogens (tertiary/aromatic N) is 4. The Morgan fingerprint density at radius 3 is 1.17 bits per heavy atom. The van der Waals surface area contributed by atoms with Gasteiger partial charge in [0.25, 0.3) is 6.71 Å². The molecule has 18 rings (SSSR count). The highest BCUT2D eigenvalue weighted by atomic mass is 15.2. The van der Waals surface area contributed by atoms with Crippen molar-refractivity contribution in [3.63, 3.8) is 0 Å². The molecule has 14 aromatic carbocycles. The van der Waals surface area contributed by atoms with Gasteiger partial charge in [0.15, 0.2) is 0 Å². The van der Waals surface area contributed by atoms with E-state index in [0.29, 0.717) is 0 Å². The van der Waals surface area contributed by atoms with Crippen LogP contribution in [0.3, 0.4) is 0 Å². The lowest BCUT2D eigenvalue weighted by Crippen LogP contribution is -2.61. The summed E-state index contributed by atoms with van der Waals surface area (Å²) in [5.41, 5.74) is 29.1. The SMILES string of the molecule is c1ccc(-c2ccc(N3c4ccc(-c5ccccc5)cc4B4c5ccc6c(c5N(c5ccc(-c7ccccc7)cc5)c5cc(-n7c8ccccc8c8ccccc87)cc3c54)c3ccccc3n6-c3c(-c4ccccc4)cccc3-c3ccccc3)cc2)cc1. The van der Waals surface area contributed by atoms with Crippen molar-refractivity contribution in [2.75, 3.05) is 9.80 Å². The maximum absolute atomic E-state index is 2.64. The Balaban J connectivity index is 0.995. The van der Waals surface area contributed by atoms with Crippen molar-refractivity contribution in [2.45, 2.75) is 0 Å². The molecular weight excluding hydrogens is 1080 g/mol. The van der Waals surface area contributed by atoms with E-state index in [1.807, 2.05) is 0 Å². The van der Waals surface area contributed by atoms with Crippen molar-refractivity contribution >= 4 is 101 Å². The number of aromatic nitrogens is 2. The van der Waals surface area contributed by atoms with Crippen LogP contribution in [0.5, 0.6) is 0 Å². The molecule has 0 amide bonds. The second-order valence-electron chi connectivity index (χ2n) is 23.5. The van der Waals surface area contributed by atoms with E-state index in [1.54, 1.807) is 0 Å². The molecule has 0 atom stereocenters. The lowest BCUT2D eigenvalue weighted by atomic mass is 9.33. The fourth-order valence-corrected chi connectivity index (χ4v) is 14.8. The van der Waals surface area contributed by atoms with E-state index in [9.17, 15) is 0 Å². The number of hydrogen-bond donors (Lipinski definition) is 0. The molecule has 0 aliphatic carbocycles. The van der Waals surface area contributed by atoms with Gasteiger partial charge >= 0.3 is 0 Å². The summed E-state index contributed by atoms with van der Waals surface area (Å²) >= 11 is 0. The number of para-hydroxylation sites is 4. The summed E-state index contributed by atoms with van der Waals surface area (Å²) in [6.07, 6.45) is 0. The molecule has 0 radical (unpaired) electrons. The van der Waals surface area contributed by atoms with E-state index < -0.39 is 0 Å². The van der Waals surface area contributed by atoms with Gasteiger partial charge in [-0.2, -0.15) is 0 Å². The van der Waals surface area contributed by atoms with Crippen LogP contribution in [0.25, 0.3) is 111 Å². The third-order valence-corrected chi connectivity index (χ3v) is 18.7. The van der Waals surface area contributed by atoms with Gasteiger partial charge in [0.1, 0.15) is 0 Å². The van der Waals surface area contributed by atoms with Crippen LogP contribution in [-0.4, -0.2) is 15.8 Å². The van der Waals surface area contributed by atoms with Crippen molar-refractivity contribution in [3.8, 4) is 67.0 Å². The molecule has 4 heterocycles. The lowest BCUT2D eigenvalue weighted by Gasteiger charge is -2.45. The van der Waals surface area contributed by atoms with Gasteiger partial charge in [0.2, 0.25) is 0 Å². The molecule has 0 saturated carbocycles. The minimum Gasteiger partial charge on any atom is -0.311 e. The highest BCUT2D eigenvalue weighted by molar-refractivity contribution is 7.00. The van der Waals surface area contributed by atoms with Gasteiger partial charge in [-0.3, -0.25) is 0 Å². The van der Waals surface area contributed by atoms with Crippen molar-refractivity contribution in [3.05, 3.63) is 334 Å². The highest BCUT2D eigenvalue weighted by Gasteiger charge is 2.45. The summed E-state index contributed by atoms with van der Waals surface area (Å²) < 4.78 is 5.08. The van der Waals surface area contributed by atoms with Crippen LogP contribution in [0.1, 0.15) is 0 Å². The average molecular weight is 1130 g/mol. The minimum absolute atomic E-state index is 0.191. The lowest BCUT2D eigenvalue weighted by molar-refractivity contribution is 1.16. The summed E-state index contributed by atoms with van der Waals surface area (Å²) in [5, 5.41) is 4.82. The second-order valence-corrected chi connectivity index (χ2v) is 23.5. The molecule has 2 aliphatic heterocycles. The van der Waals surface area contributed by atoms with E-state index >= 15 is 0 Å². The molecule has 16 aromatic rings. The molecule has 0 bridgehead atoms. The molecule has 0 fully saturated rings.